The molecule has 3 aromatic rings. The number of aromatic nitrogens is 5. The molecular weight excluding hydrogens is 337 g/mol. The largest absolute Gasteiger partial charge is 0.326 e. The fraction of sp³-hybridized carbons (Fsp3) is 0.118. The third-order valence-electron chi connectivity index (χ3n) is 4.19. The maximum atomic E-state index is 13.3. The van der Waals surface area contributed by atoms with Crippen molar-refractivity contribution in [3.05, 3.63) is 72.4 Å². The third-order valence-corrected chi connectivity index (χ3v) is 4.19. The molecule has 3 heterocycles. The van der Waals surface area contributed by atoms with Crippen molar-refractivity contribution >= 4 is 17.5 Å². The van der Waals surface area contributed by atoms with Crippen molar-refractivity contribution in [2.45, 2.75) is 6.04 Å². The Balaban J connectivity index is 1.74. The highest BCUT2D eigenvalue weighted by molar-refractivity contribution is 5.95. The molecule has 3 N–H and O–H groups in total. The Morgan fingerprint density at radius 2 is 2.12 bits per heavy atom. The Bertz CT molecular complexity index is 955. The van der Waals surface area contributed by atoms with Crippen LogP contribution in [0.15, 0.2) is 61.1 Å². The first-order chi connectivity index (χ1) is 12.6. The number of carbonyl (C=O) groups excluding carboxylic acids is 1. The summed E-state index contributed by atoms with van der Waals surface area (Å²) in [5.41, 5.74) is 1.77. The number of halogens is 1. The van der Waals surface area contributed by atoms with Gasteiger partial charge in [0.2, 0.25) is 11.9 Å². The Hall–Kier alpha value is -3.62. The summed E-state index contributed by atoms with van der Waals surface area (Å²) in [5.74, 6) is -0.963. The molecule has 26 heavy (non-hydrogen) atoms. The number of tetrazole rings is 1. The van der Waals surface area contributed by atoms with E-state index in [1.54, 1.807) is 36.7 Å². The molecule has 0 radical (unpaired) electrons. The Kier molecular flexibility index (Phi) is 3.88. The topological polar surface area (TPSA) is 98.9 Å². The normalized spacial score (nSPS) is 18.7. The van der Waals surface area contributed by atoms with Crippen LogP contribution in [-0.4, -0.2) is 26.1 Å². The average Bonchev–Trinajstić information content (AvgIpc) is 3.10. The highest BCUT2D eigenvalue weighted by Crippen LogP contribution is 2.37. The van der Waals surface area contributed by atoms with Crippen LogP contribution >= 0.6 is 0 Å². The van der Waals surface area contributed by atoms with Gasteiger partial charge in [0.1, 0.15) is 17.4 Å². The second-order valence-corrected chi connectivity index (χ2v) is 5.85. The number of benzene rings is 1. The molecule has 2 aromatic heterocycles. The lowest BCUT2D eigenvalue weighted by molar-refractivity contribution is -0.377. The molecule has 0 fully saturated rings. The molecule has 4 rings (SSSR count). The monoisotopic (exact) mass is 352 g/mol. The Morgan fingerprint density at radius 1 is 1.31 bits per heavy atom. The third kappa shape index (κ3) is 2.79. The number of H-pyrrole nitrogens is 1. The zero-order valence-electron chi connectivity index (χ0n) is 13.6. The number of nitrogens with one attached hydrogen (secondary N) is 3. The van der Waals surface area contributed by atoms with Crippen LogP contribution in [0, 0.1) is 11.7 Å². The summed E-state index contributed by atoms with van der Waals surface area (Å²) >= 11 is 0. The zero-order chi connectivity index (χ0) is 18.1. The van der Waals surface area contributed by atoms with Crippen LogP contribution in [0.4, 0.5) is 16.0 Å². The van der Waals surface area contributed by atoms with Crippen molar-refractivity contribution < 1.29 is 14.2 Å². The average molecular weight is 352 g/mol. The van der Waals surface area contributed by atoms with Crippen molar-refractivity contribution in [3.63, 3.8) is 0 Å². The lowest BCUT2D eigenvalue weighted by Crippen LogP contribution is -2.39. The fourth-order valence-corrected chi connectivity index (χ4v) is 3.00. The van der Waals surface area contributed by atoms with E-state index in [4.69, 9.17) is 0 Å². The van der Waals surface area contributed by atoms with Gasteiger partial charge in [0, 0.05) is 11.8 Å². The zero-order valence-corrected chi connectivity index (χ0v) is 13.6. The first-order valence-corrected chi connectivity index (χ1v) is 7.89. The first-order valence-electron chi connectivity index (χ1n) is 7.89. The summed E-state index contributed by atoms with van der Waals surface area (Å²) in [6.07, 6.45) is 3.41. The van der Waals surface area contributed by atoms with Gasteiger partial charge in [-0.1, -0.05) is 23.8 Å². The summed E-state index contributed by atoms with van der Waals surface area (Å²) in [7, 11) is 0. The Labute approximate surface area is 147 Å². The number of carbonyl (C=O) groups is 1. The molecule has 0 spiro atoms. The lowest BCUT2D eigenvalue weighted by atomic mass is 9.88. The fourth-order valence-electron chi connectivity index (χ4n) is 3.00. The SMILES string of the molecule is C=C1Nc2nnnn2C(c2ccc(F)cc2)C1C(=O)Nc1ccc[nH+]c1. The van der Waals surface area contributed by atoms with E-state index in [0.717, 1.165) is 0 Å². The minimum atomic E-state index is -0.698. The number of aromatic amines is 1. The van der Waals surface area contributed by atoms with Gasteiger partial charge in [0.15, 0.2) is 12.4 Å². The van der Waals surface area contributed by atoms with Crippen molar-refractivity contribution in [2.75, 3.05) is 10.6 Å². The van der Waals surface area contributed by atoms with Gasteiger partial charge in [-0.2, -0.15) is 0 Å². The highest BCUT2D eigenvalue weighted by Gasteiger charge is 2.40. The molecule has 0 aliphatic carbocycles. The first kappa shape index (κ1) is 15.9. The summed E-state index contributed by atoms with van der Waals surface area (Å²) in [4.78, 5) is 15.9. The van der Waals surface area contributed by atoms with Crippen molar-refractivity contribution in [3.8, 4) is 0 Å². The second kappa shape index (κ2) is 6.36. The molecule has 2 unspecified atom stereocenters. The molecule has 1 aromatic carbocycles. The van der Waals surface area contributed by atoms with Gasteiger partial charge >= 0.3 is 0 Å². The van der Waals surface area contributed by atoms with E-state index in [9.17, 15) is 9.18 Å². The van der Waals surface area contributed by atoms with E-state index in [0.29, 0.717) is 22.9 Å². The number of amides is 1. The minimum absolute atomic E-state index is 0.280. The van der Waals surface area contributed by atoms with Crippen LogP contribution in [0.25, 0.3) is 0 Å². The molecule has 0 saturated heterocycles. The van der Waals surface area contributed by atoms with Crippen LogP contribution in [0.3, 0.4) is 0 Å². The van der Waals surface area contributed by atoms with Crippen molar-refractivity contribution in [2.24, 2.45) is 5.92 Å². The summed E-state index contributed by atoms with van der Waals surface area (Å²) in [6.45, 7) is 3.97. The van der Waals surface area contributed by atoms with E-state index in [1.807, 2.05) is 0 Å². The number of fused-ring (bicyclic) bond motifs is 1. The predicted molar refractivity (Wildman–Crippen MR) is 90.2 cm³/mol. The van der Waals surface area contributed by atoms with Crippen LogP contribution in [0.1, 0.15) is 11.6 Å². The second-order valence-electron chi connectivity index (χ2n) is 5.85. The van der Waals surface area contributed by atoms with E-state index in [-0.39, 0.29) is 11.7 Å². The van der Waals surface area contributed by atoms with Gasteiger partial charge in [-0.05, 0) is 34.2 Å². The molecule has 1 amide bonds. The molecule has 0 saturated carbocycles. The number of hydrogen-bond acceptors (Lipinski definition) is 5. The van der Waals surface area contributed by atoms with E-state index in [1.165, 1.54) is 16.8 Å². The van der Waals surface area contributed by atoms with E-state index < -0.39 is 12.0 Å². The quantitative estimate of drug-likeness (QED) is 0.743. The number of hydrogen-bond donors (Lipinski definition) is 2. The van der Waals surface area contributed by atoms with E-state index in [2.05, 4.69) is 37.7 Å². The predicted octanol–water partition coefficient (Wildman–Crippen LogP) is 1.41. The number of rotatable bonds is 3. The number of anilines is 2. The molecule has 1 aliphatic rings. The minimum Gasteiger partial charge on any atom is -0.326 e. The number of pyridine rings is 1. The van der Waals surface area contributed by atoms with Crippen LogP contribution in [-0.2, 0) is 4.79 Å². The van der Waals surface area contributed by atoms with Crippen LogP contribution in [0.5, 0.6) is 0 Å². The smallest absolute Gasteiger partial charge is 0.247 e. The van der Waals surface area contributed by atoms with Gasteiger partial charge < -0.3 is 10.6 Å². The molecule has 0 bridgehead atoms. The molecule has 130 valence electrons. The molecular formula is C17H15FN7O+. The summed E-state index contributed by atoms with van der Waals surface area (Å²) in [6, 6.07) is 8.89. The summed E-state index contributed by atoms with van der Waals surface area (Å²) in [5, 5.41) is 17.3. The van der Waals surface area contributed by atoms with Gasteiger partial charge in [-0.3, -0.25) is 4.79 Å². The number of nitrogens with zero attached hydrogens (tertiary/aromatic N) is 4. The Morgan fingerprint density at radius 3 is 2.85 bits per heavy atom. The molecule has 9 heteroatoms. The maximum absolute atomic E-state index is 13.3. The highest BCUT2D eigenvalue weighted by atomic mass is 19.1. The lowest BCUT2D eigenvalue weighted by Gasteiger charge is -2.32. The van der Waals surface area contributed by atoms with Crippen molar-refractivity contribution in [1.82, 2.24) is 20.2 Å². The van der Waals surface area contributed by atoms with Crippen molar-refractivity contribution in [1.29, 1.82) is 0 Å². The van der Waals surface area contributed by atoms with Gasteiger partial charge in [-0.15, -0.1) is 0 Å². The molecule has 2 atom stereocenters. The maximum Gasteiger partial charge on any atom is 0.247 e. The van der Waals surface area contributed by atoms with Crippen LogP contribution < -0.4 is 15.6 Å². The standard InChI is InChI=1S/C17H14FN7O/c1-10-14(16(26)21-13-3-2-8-19-9-13)15(11-4-6-12(18)7-5-11)25-17(20-10)22-23-24-25/h2-9,14-15H,1H2,(H,21,26)(H,20,22,24)/p+1. The van der Waals surface area contributed by atoms with Crippen LogP contribution in [0.2, 0.25) is 0 Å². The van der Waals surface area contributed by atoms with Gasteiger partial charge in [0.25, 0.3) is 0 Å². The molecule has 8 nitrogen and oxygen atoms in total. The van der Waals surface area contributed by atoms with Gasteiger partial charge in [-0.25, -0.2) is 14.1 Å². The van der Waals surface area contributed by atoms with E-state index >= 15 is 0 Å². The molecule has 1 aliphatic heterocycles. The van der Waals surface area contributed by atoms with Gasteiger partial charge in [0.05, 0.1) is 6.04 Å². The summed E-state index contributed by atoms with van der Waals surface area (Å²) < 4.78 is 14.9.